The van der Waals surface area contributed by atoms with Crippen LogP contribution in [0.15, 0.2) is 95.1 Å². The number of benzene rings is 3. The van der Waals surface area contributed by atoms with Crippen molar-refractivity contribution in [2.75, 3.05) is 23.0 Å². The van der Waals surface area contributed by atoms with E-state index in [-0.39, 0.29) is 11.8 Å². The van der Waals surface area contributed by atoms with Crippen LogP contribution in [0.3, 0.4) is 0 Å². The van der Waals surface area contributed by atoms with E-state index in [1.807, 2.05) is 60.7 Å². The Bertz CT molecular complexity index is 1030. The van der Waals surface area contributed by atoms with E-state index < -0.39 is 0 Å². The van der Waals surface area contributed by atoms with Crippen molar-refractivity contribution in [1.29, 1.82) is 0 Å². The first kappa shape index (κ1) is 27.2. The third-order valence-corrected chi connectivity index (χ3v) is 6.88. The van der Waals surface area contributed by atoms with Crippen LogP contribution in [-0.2, 0) is 22.4 Å². The minimum atomic E-state index is -0.123. The summed E-state index contributed by atoms with van der Waals surface area (Å²) >= 11 is 3.17. The van der Waals surface area contributed by atoms with Crippen molar-refractivity contribution in [3.8, 4) is 0 Å². The molecular formula is C28H30N4O2S2. The zero-order valence-corrected chi connectivity index (χ0v) is 21.6. The summed E-state index contributed by atoms with van der Waals surface area (Å²) in [5, 5.41) is 8.03. The molecule has 3 aromatic carbocycles. The lowest BCUT2D eigenvalue weighted by Crippen LogP contribution is -2.20. The molecule has 36 heavy (non-hydrogen) atoms. The van der Waals surface area contributed by atoms with Crippen LogP contribution in [0, 0.1) is 0 Å². The summed E-state index contributed by atoms with van der Waals surface area (Å²) in [6.07, 6.45) is 5.08. The van der Waals surface area contributed by atoms with Crippen molar-refractivity contribution in [2.24, 2.45) is 10.2 Å². The minimum Gasteiger partial charge on any atom is -0.272 e. The fourth-order valence-electron chi connectivity index (χ4n) is 3.09. The van der Waals surface area contributed by atoms with E-state index in [1.54, 1.807) is 36.0 Å². The minimum absolute atomic E-state index is 0.123. The summed E-state index contributed by atoms with van der Waals surface area (Å²) in [4.78, 5) is 23.8. The molecule has 0 atom stereocenters. The highest BCUT2D eigenvalue weighted by molar-refractivity contribution is 8.00. The van der Waals surface area contributed by atoms with Crippen molar-refractivity contribution in [3.05, 3.63) is 107 Å². The lowest BCUT2D eigenvalue weighted by molar-refractivity contribution is -0.119. The molecule has 0 radical (unpaired) electrons. The molecule has 0 bridgehead atoms. The largest absolute Gasteiger partial charge is 0.272 e. The van der Waals surface area contributed by atoms with Crippen LogP contribution in [0.1, 0.15) is 22.3 Å². The van der Waals surface area contributed by atoms with Gasteiger partial charge in [0.05, 0.1) is 23.9 Å². The Morgan fingerprint density at radius 2 is 1.00 bits per heavy atom. The van der Waals surface area contributed by atoms with Crippen LogP contribution in [0.25, 0.3) is 0 Å². The molecule has 0 saturated carbocycles. The lowest BCUT2D eigenvalue weighted by atomic mass is 10.2. The zero-order valence-electron chi connectivity index (χ0n) is 20.0. The SMILES string of the molecule is O=C(CSCCc1ccccc1)N/N=C\c1ccc(/C=N\NC(=O)CSCCc2ccccc2)cc1. The Morgan fingerprint density at radius 1 is 0.611 bits per heavy atom. The average Bonchev–Trinajstić information content (AvgIpc) is 2.91. The molecule has 0 aromatic heterocycles. The molecule has 0 aliphatic carbocycles. The Kier molecular flexibility index (Phi) is 12.4. The topological polar surface area (TPSA) is 82.9 Å². The monoisotopic (exact) mass is 518 g/mol. The van der Waals surface area contributed by atoms with E-state index in [0.29, 0.717) is 11.5 Å². The Hall–Kier alpha value is -3.36. The Labute approximate surface area is 221 Å². The Balaban J connectivity index is 1.27. The molecule has 186 valence electrons. The van der Waals surface area contributed by atoms with Gasteiger partial charge in [0, 0.05) is 0 Å². The fraction of sp³-hybridized carbons (Fsp3) is 0.214. The average molecular weight is 519 g/mol. The molecule has 0 fully saturated rings. The van der Waals surface area contributed by atoms with Gasteiger partial charge in [-0.3, -0.25) is 9.59 Å². The van der Waals surface area contributed by atoms with Crippen LogP contribution < -0.4 is 10.9 Å². The fourth-order valence-corrected chi connectivity index (χ4v) is 4.64. The first-order valence-electron chi connectivity index (χ1n) is 11.7. The molecule has 6 nitrogen and oxygen atoms in total. The molecule has 0 aliphatic heterocycles. The number of amides is 2. The second-order valence-electron chi connectivity index (χ2n) is 7.83. The predicted octanol–water partition coefficient (Wildman–Crippen LogP) is 4.54. The van der Waals surface area contributed by atoms with Crippen molar-refractivity contribution in [3.63, 3.8) is 0 Å². The third kappa shape index (κ3) is 11.4. The summed E-state index contributed by atoms with van der Waals surface area (Å²) in [5.74, 6) is 2.27. The number of rotatable bonds is 14. The lowest BCUT2D eigenvalue weighted by Gasteiger charge is -2.02. The molecule has 0 aliphatic rings. The van der Waals surface area contributed by atoms with Crippen molar-refractivity contribution in [2.45, 2.75) is 12.8 Å². The van der Waals surface area contributed by atoms with Crippen LogP contribution in [-0.4, -0.2) is 47.3 Å². The highest BCUT2D eigenvalue weighted by atomic mass is 32.2. The van der Waals surface area contributed by atoms with Gasteiger partial charge in [-0.15, -0.1) is 0 Å². The smallest absolute Gasteiger partial charge is 0.250 e. The standard InChI is InChI=1S/C28H30N4O2S2/c33-27(21-35-17-15-23-7-3-1-4-8-23)31-29-19-25-11-13-26(14-12-25)20-30-32-28(34)22-36-18-16-24-9-5-2-6-10-24/h1-14,19-20H,15-18,21-22H2,(H,31,33)(H,32,34)/b29-19-,30-20-. The van der Waals surface area contributed by atoms with Crippen LogP contribution in [0.2, 0.25) is 0 Å². The molecule has 3 aromatic rings. The number of nitrogens with one attached hydrogen (secondary N) is 2. The Morgan fingerprint density at radius 3 is 1.39 bits per heavy atom. The number of hydrazone groups is 2. The summed E-state index contributed by atoms with van der Waals surface area (Å²) in [6, 6.07) is 27.9. The summed E-state index contributed by atoms with van der Waals surface area (Å²) < 4.78 is 0. The van der Waals surface area contributed by atoms with Gasteiger partial charge in [0.1, 0.15) is 0 Å². The summed E-state index contributed by atoms with van der Waals surface area (Å²) in [6.45, 7) is 0. The highest BCUT2D eigenvalue weighted by Gasteiger charge is 2.01. The number of carbonyl (C=O) groups is 2. The zero-order chi connectivity index (χ0) is 25.3. The number of nitrogens with zero attached hydrogens (tertiary/aromatic N) is 2. The summed E-state index contributed by atoms with van der Waals surface area (Å²) in [7, 11) is 0. The van der Waals surface area contributed by atoms with Crippen LogP contribution in [0.5, 0.6) is 0 Å². The van der Waals surface area contributed by atoms with Gasteiger partial charge in [-0.1, -0.05) is 84.9 Å². The number of aryl methyl sites for hydroxylation is 2. The van der Waals surface area contributed by atoms with Gasteiger partial charge in [-0.05, 0) is 46.6 Å². The maximum atomic E-state index is 11.9. The van der Waals surface area contributed by atoms with Gasteiger partial charge >= 0.3 is 0 Å². The first-order chi connectivity index (χ1) is 17.7. The quantitative estimate of drug-likeness (QED) is 0.187. The van der Waals surface area contributed by atoms with E-state index in [1.165, 1.54) is 11.1 Å². The molecule has 0 saturated heterocycles. The van der Waals surface area contributed by atoms with Gasteiger partial charge in [0.2, 0.25) is 11.8 Å². The van der Waals surface area contributed by atoms with E-state index in [4.69, 9.17) is 0 Å². The molecule has 0 spiro atoms. The first-order valence-corrected chi connectivity index (χ1v) is 14.0. The molecule has 8 heteroatoms. The highest BCUT2D eigenvalue weighted by Crippen LogP contribution is 2.08. The molecule has 0 unspecified atom stereocenters. The van der Waals surface area contributed by atoms with E-state index in [9.17, 15) is 9.59 Å². The van der Waals surface area contributed by atoms with Crippen LogP contribution >= 0.6 is 23.5 Å². The normalized spacial score (nSPS) is 11.1. The molecule has 0 heterocycles. The van der Waals surface area contributed by atoms with Crippen molar-refractivity contribution < 1.29 is 9.59 Å². The van der Waals surface area contributed by atoms with E-state index in [2.05, 4.69) is 45.3 Å². The second kappa shape index (κ2) is 16.3. The number of carbonyl (C=O) groups excluding carboxylic acids is 2. The second-order valence-corrected chi connectivity index (χ2v) is 10.0. The van der Waals surface area contributed by atoms with Gasteiger partial charge < -0.3 is 0 Å². The van der Waals surface area contributed by atoms with Gasteiger partial charge in [-0.2, -0.15) is 33.7 Å². The maximum absolute atomic E-state index is 11.9. The predicted molar refractivity (Wildman–Crippen MR) is 153 cm³/mol. The number of hydrogen-bond acceptors (Lipinski definition) is 6. The number of thioether (sulfide) groups is 2. The van der Waals surface area contributed by atoms with Gasteiger partial charge in [-0.25, -0.2) is 10.9 Å². The molecule has 3 rings (SSSR count). The van der Waals surface area contributed by atoms with E-state index >= 15 is 0 Å². The summed E-state index contributed by atoms with van der Waals surface area (Å²) in [5.41, 5.74) is 9.35. The maximum Gasteiger partial charge on any atom is 0.250 e. The number of hydrogen-bond donors (Lipinski definition) is 2. The van der Waals surface area contributed by atoms with Gasteiger partial charge in [0.25, 0.3) is 0 Å². The molecule has 2 N–H and O–H groups in total. The van der Waals surface area contributed by atoms with Crippen molar-refractivity contribution >= 4 is 47.8 Å². The third-order valence-electron chi connectivity index (χ3n) is 4.96. The van der Waals surface area contributed by atoms with Crippen molar-refractivity contribution in [1.82, 2.24) is 10.9 Å². The molecular weight excluding hydrogens is 488 g/mol. The van der Waals surface area contributed by atoms with Crippen LogP contribution in [0.4, 0.5) is 0 Å². The van der Waals surface area contributed by atoms with E-state index in [0.717, 1.165) is 35.5 Å². The molecule has 2 amide bonds. The van der Waals surface area contributed by atoms with Gasteiger partial charge in [0.15, 0.2) is 0 Å².